The van der Waals surface area contributed by atoms with Gasteiger partial charge < -0.3 is 5.32 Å². The third kappa shape index (κ3) is 3.03. The number of aryl methyl sites for hydroxylation is 1. The summed E-state index contributed by atoms with van der Waals surface area (Å²) in [6, 6.07) is 10.4. The normalized spacial score (nSPS) is 10.7. The summed E-state index contributed by atoms with van der Waals surface area (Å²) in [5.74, 6) is -1.30. The molecule has 0 aliphatic heterocycles. The lowest BCUT2D eigenvalue weighted by atomic mass is 10.2. The van der Waals surface area contributed by atoms with E-state index in [0.29, 0.717) is 16.9 Å². The van der Waals surface area contributed by atoms with Crippen LogP contribution in [0.25, 0.3) is 5.69 Å². The second kappa shape index (κ2) is 6.23. The first-order valence-corrected chi connectivity index (χ1v) is 7.34. The molecule has 0 aliphatic carbocycles. The summed E-state index contributed by atoms with van der Waals surface area (Å²) >= 11 is 0. The molecule has 1 N–H and O–H groups in total. The minimum Gasteiger partial charge on any atom is -0.319 e. The Labute approximate surface area is 137 Å². The molecule has 2 aromatic carbocycles. The fourth-order valence-corrected chi connectivity index (χ4v) is 2.39. The first-order chi connectivity index (χ1) is 11.5. The quantitative estimate of drug-likeness (QED) is 0.790. The smallest absolute Gasteiger partial charge is 0.259 e. The summed E-state index contributed by atoms with van der Waals surface area (Å²) in [6.07, 6.45) is 1.40. The van der Waals surface area contributed by atoms with E-state index in [1.807, 2.05) is 0 Å². The number of benzene rings is 2. The fraction of sp³-hybridized carbons (Fsp3) is 0.111. The van der Waals surface area contributed by atoms with Crippen molar-refractivity contribution in [2.24, 2.45) is 0 Å². The molecular weight excluding hydrogens is 312 g/mol. The highest BCUT2D eigenvalue weighted by atomic mass is 19.1. The van der Waals surface area contributed by atoms with E-state index >= 15 is 0 Å². The summed E-state index contributed by atoms with van der Waals surface area (Å²) in [7, 11) is 0. The molecule has 0 atom stereocenters. The molecule has 0 radical (unpaired) electrons. The van der Waals surface area contributed by atoms with Gasteiger partial charge in [0.1, 0.15) is 11.6 Å². The highest BCUT2D eigenvalue weighted by Gasteiger charge is 2.16. The van der Waals surface area contributed by atoms with Crippen molar-refractivity contribution in [2.75, 3.05) is 5.32 Å². The summed E-state index contributed by atoms with van der Waals surface area (Å²) in [4.78, 5) is 12.4. The molecule has 24 heavy (non-hydrogen) atoms. The first kappa shape index (κ1) is 15.9. The maximum Gasteiger partial charge on any atom is 0.259 e. The third-order valence-electron chi connectivity index (χ3n) is 3.70. The molecule has 3 rings (SSSR count). The monoisotopic (exact) mass is 327 g/mol. The molecule has 0 saturated heterocycles. The minimum absolute atomic E-state index is 0.111. The van der Waals surface area contributed by atoms with Crippen LogP contribution >= 0.6 is 0 Å². The second-order valence-corrected chi connectivity index (χ2v) is 5.47. The lowest BCUT2D eigenvalue weighted by Crippen LogP contribution is -2.14. The Hall–Kier alpha value is -3.02. The van der Waals surface area contributed by atoms with Crippen LogP contribution in [0, 0.1) is 25.5 Å². The van der Waals surface area contributed by atoms with Crippen LogP contribution in [0.3, 0.4) is 0 Å². The van der Waals surface area contributed by atoms with Gasteiger partial charge in [-0.1, -0.05) is 6.07 Å². The van der Waals surface area contributed by atoms with E-state index in [-0.39, 0.29) is 11.5 Å². The van der Waals surface area contributed by atoms with Gasteiger partial charge in [-0.05, 0) is 55.8 Å². The maximum atomic E-state index is 13.9. The number of hydrogen-bond acceptors (Lipinski definition) is 2. The van der Waals surface area contributed by atoms with Gasteiger partial charge >= 0.3 is 0 Å². The predicted octanol–water partition coefficient (Wildman–Crippen LogP) is 4.02. The second-order valence-electron chi connectivity index (χ2n) is 5.47. The predicted molar refractivity (Wildman–Crippen MR) is 87.3 cm³/mol. The molecule has 6 heteroatoms. The van der Waals surface area contributed by atoms with Crippen LogP contribution in [0.5, 0.6) is 0 Å². The van der Waals surface area contributed by atoms with Crippen LogP contribution < -0.4 is 5.32 Å². The Morgan fingerprint density at radius 3 is 2.46 bits per heavy atom. The van der Waals surface area contributed by atoms with Crippen LogP contribution in [-0.4, -0.2) is 15.7 Å². The molecule has 0 bridgehead atoms. The van der Waals surface area contributed by atoms with E-state index in [1.54, 1.807) is 32.0 Å². The molecule has 0 unspecified atom stereocenters. The van der Waals surface area contributed by atoms with Crippen molar-refractivity contribution in [3.63, 3.8) is 0 Å². The molecule has 0 aliphatic rings. The van der Waals surface area contributed by atoms with Crippen molar-refractivity contribution < 1.29 is 13.6 Å². The average molecular weight is 327 g/mol. The van der Waals surface area contributed by atoms with Gasteiger partial charge in [-0.2, -0.15) is 5.10 Å². The van der Waals surface area contributed by atoms with E-state index in [4.69, 9.17) is 0 Å². The number of hydrogen-bond donors (Lipinski definition) is 1. The zero-order valence-electron chi connectivity index (χ0n) is 13.2. The Balaban J connectivity index is 1.87. The van der Waals surface area contributed by atoms with Crippen LogP contribution in [0.2, 0.25) is 0 Å². The van der Waals surface area contributed by atoms with Gasteiger partial charge in [0.25, 0.3) is 5.91 Å². The average Bonchev–Trinajstić information content (AvgIpc) is 2.92. The molecule has 0 spiro atoms. The van der Waals surface area contributed by atoms with Gasteiger partial charge in [-0.15, -0.1) is 0 Å². The van der Waals surface area contributed by atoms with Gasteiger partial charge in [0.15, 0.2) is 0 Å². The largest absolute Gasteiger partial charge is 0.319 e. The van der Waals surface area contributed by atoms with Crippen molar-refractivity contribution in [1.29, 1.82) is 0 Å². The summed E-state index contributed by atoms with van der Waals surface area (Å²) in [5.41, 5.74) is 2.41. The zero-order chi connectivity index (χ0) is 17.3. The number of carbonyl (C=O) groups is 1. The Morgan fingerprint density at radius 2 is 1.79 bits per heavy atom. The maximum absolute atomic E-state index is 13.9. The zero-order valence-corrected chi connectivity index (χ0v) is 13.2. The molecule has 1 aromatic heterocycles. The van der Waals surface area contributed by atoms with E-state index in [2.05, 4.69) is 10.4 Å². The standard InChI is InChI=1S/C18H15F2N3O/c1-11-3-8-17(16(20)9-11)22-18(24)15-10-21-23(12(15)2)14-6-4-13(19)5-7-14/h3-10H,1-2H3,(H,22,24). The van der Waals surface area contributed by atoms with Crippen molar-refractivity contribution in [2.45, 2.75) is 13.8 Å². The number of nitrogens with one attached hydrogen (secondary N) is 1. The summed E-state index contributed by atoms with van der Waals surface area (Å²) in [5, 5.41) is 6.70. The molecular formula is C18H15F2N3O. The van der Waals surface area contributed by atoms with Gasteiger partial charge in [0, 0.05) is 0 Å². The van der Waals surface area contributed by atoms with Crippen LogP contribution in [0.1, 0.15) is 21.6 Å². The highest BCUT2D eigenvalue weighted by molar-refractivity contribution is 6.05. The molecule has 0 saturated carbocycles. The van der Waals surface area contributed by atoms with E-state index in [1.165, 1.54) is 35.1 Å². The molecule has 3 aromatic rings. The number of aromatic nitrogens is 2. The van der Waals surface area contributed by atoms with Crippen molar-refractivity contribution in [3.05, 3.63) is 77.1 Å². The van der Waals surface area contributed by atoms with Crippen LogP contribution in [0.15, 0.2) is 48.7 Å². The van der Waals surface area contributed by atoms with Crippen molar-refractivity contribution in [3.8, 4) is 5.69 Å². The molecule has 4 nitrogen and oxygen atoms in total. The van der Waals surface area contributed by atoms with E-state index < -0.39 is 11.7 Å². The Kier molecular flexibility index (Phi) is 4.12. The Bertz CT molecular complexity index is 901. The van der Waals surface area contributed by atoms with Crippen LogP contribution in [0.4, 0.5) is 14.5 Å². The Morgan fingerprint density at radius 1 is 1.08 bits per heavy atom. The van der Waals surface area contributed by atoms with Gasteiger partial charge in [-0.3, -0.25) is 4.79 Å². The lowest BCUT2D eigenvalue weighted by molar-refractivity contribution is 0.102. The SMILES string of the molecule is Cc1ccc(NC(=O)c2cnn(-c3ccc(F)cc3)c2C)c(F)c1. The van der Waals surface area contributed by atoms with Gasteiger partial charge in [0.2, 0.25) is 0 Å². The van der Waals surface area contributed by atoms with Crippen molar-refractivity contribution >= 4 is 11.6 Å². The highest BCUT2D eigenvalue weighted by Crippen LogP contribution is 2.19. The number of carbonyl (C=O) groups excluding carboxylic acids is 1. The number of halogens is 2. The molecule has 1 heterocycles. The molecule has 1 amide bonds. The van der Waals surface area contributed by atoms with Gasteiger partial charge in [0.05, 0.1) is 28.8 Å². The summed E-state index contributed by atoms with van der Waals surface area (Å²) in [6.45, 7) is 3.49. The lowest BCUT2D eigenvalue weighted by Gasteiger charge is -2.08. The van der Waals surface area contributed by atoms with Gasteiger partial charge in [-0.25, -0.2) is 13.5 Å². The minimum atomic E-state index is -0.494. The topological polar surface area (TPSA) is 46.9 Å². The third-order valence-corrected chi connectivity index (χ3v) is 3.70. The molecule has 122 valence electrons. The molecule has 0 fully saturated rings. The number of nitrogens with zero attached hydrogens (tertiary/aromatic N) is 2. The number of amides is 1. The van der Waals surface area contributed by atoms with E-state index in [0.717, 1.165) is 5.56 Å². The fourth-order valence-electron chi connectivity index (χ4n) is 2.39. The van der Waals surface area contributed by atoms with Crippen LogP contribution in [-0.2, 0) is 0 Å². The van der Waals surface area contributed by atoms with E-state index in [9.17, 15) is 13.6 Å². The number of anilines is 1. The number of rotatable bonds is 3. The van der Waals surface area contributed by atoms with Crippen molar-refractivity contribution in [1.82, 2.24) is 9.78 Å². The first-order valence-electron chi connectivity index (χ1n) is 7.34. The summed E-state index contributed by atoms with van der Waals surface area (Å²) < 4.78 is 28.4.